The molecule has 24 heavy (non-hydrogen) atoms. The van der Waals surface area contributed by atoms with Crippen molar-refractivity contribution in [1.29, 1.82) is 0 Å². The molecule has 0 bridgehead atoms. The van der Waals surface area contributed by atoms with E-state index in [1.54, 1.807) is 0 Å². The van der Waals surface area contributed by atoms with Gasteiger partial charge in [0.2, 0.25) is 5.89 Å². The number of fused-ring (bicyclic) bond motifs is 1. The van der Waals surface area contributed by atoms with Crippen molar-refractivity contribution in [2.24, 2.45) is 0 Å². The number of halogens is 3. The molecule has 3 rings (SSSR count). The maximum Gasteiger partial charge on any atom is 0.471 e. The lowest BCUT2D eigenvalue weighted by Crippen LogP contribution is -2.38. The second kappa shape index (κ2) is 5.67. The number of hydrogen-bond donors (Lipinski definition) is 0. The molecule has 0 aliphatic heterocycles. The van der Waals surface area contributed by atoms with Crippen molar-refractivity contribution in [3.05, 3.63) is 48.0 Å². The van der Waals surface area contributed by atoms with Crippen LogP contribution in [0.4, 0.5) is 18.9 Å². The van der Waals surface area contributed by atoms with Crippen molar-refractivity contribution in [3.8, 4) is 11.5 Å². The zero-order valence-corrected chi connectivity index (χ0v) is 12.9. The van der Waals surface area contributed by atoms with E-state index in [0.29, 0.717) is 21.9 Å². The Bertz CT molecular complexity index is 916. The number of amides is 1. The first-order valence-corrected chi connectivity index (χ1v) is 7.09. The summed E-state index contributed by atoms with van der Waals surface area (Å²) in [6.45, 7) is 1.91. The quantitative estimate of drug-likeness (QED) is 0.701. The lowest BCUT2D eigenvalue weighted by molar-refractivity contribution is -0.170. The first-order valence-electron chi connectivity index (χ1n) is 7.09. The monoisotopic (exact) mass is 334 g/mol. The number of aromatic nitrogens is 1. The highest BCUT2D eigenvalue weighted by molar-refractivity contribution is 5.98. The van der Waals surface area contributed by atoms with E-state index in [2.05, 4.69) is 4.98 Å². The molecule has 1 amide bonds. The van der Waals surface area contributed by atoms with Gasteiger partial charge in [-0.15, -0.1) is 0 Å². The second-order valence-electron chi connectivity index (χ2n) is 5.35. The highest BCUT2D eigenvalue weighted by Crippen LogP contribution is 2.30. The van der Waals surface area contributed by atoms with Crippen molar-refractivity contribution < 1.29 is 22.4 Å². The summed E-state index contributed by atoms with van der Waals surface area (Å²) in [5.74, 6) is -1.56. The molecule has 0 N–H and O–H groups in total. The Kier molecular flexibility index (Phi) is 3.79. The number of carbonyl (C=O) groups is 1. The number of carbonyl (C=O) groups excluding carboxylic acids is 1. The fraction of sp³-hybridized carbons (Fsp3) is 0.176. The third-order valence-electron chi connectivity index (χ3n) is 3.68. The van der Waals surface area contributed by atoms with E-state index in [1.807, 2.05) is 31.2 Å². The van der Waals surface area contributed by atoms with E-state index in [-0.39, 0.29) is 5.69 Å². The van der Waals surface area contributed by atoms with Gasteiger partial charge in [-0.3, -0.25) is 4.79 Å². The normalized spacial score (nSPS) is 11.7. The highest BCUT2D eigenvalue weighted by atomic mass is 19.4. The summed E-state index contributed by atoms with van der Waals surface area (Å²) in [4.78, 5) is 16.2. The van der Waals surface area contributed by atoms with Crippen LogP contribution >= 0.6 is 0 Å². The molecule has 0 unspecified atom stereocenters. The van der Waals surface area contributed by atoms with Gasteiger partial charge in [0, 0.05) is 24.4 Å². The Morgan fingerprint density at radius 1 is 1.17 bits per heavy atom. The summed E-state index contributed by atoms with van der Waals surface area (Å²) in [6, 6.07) is 11.8. The van der Waals surface area contributed by atoms with Gasteiger partial charge in [0.05, 0.1) is 0 Å². The van der Waals surface area contributed by atoms with Crippen LogP contribution in [0.3, 0.4) is 0 Å². The van der Waals surface area contributed by atoms with Gasteiger partial charge in [-0.2, -0.15) is 13.2 Å². The van der Waals surface area contributed by atoms with E-state index < -0.39 is 12.1 Å². The fourth-order valence-electron chi connectivity index (χ4n) is 2.36. The topological polar surface area (TPSA) is 46.3 Å². The molecule has 3 aromatic rings. The van der Waals surface area contributed by atoms with Crippen LogP contribution in [0.15, 0.2) is 46.9 Å². The largest absolute Gasteiger partial charge is 0.471 e. The SMILES string of the molecule is Cc1ccccc1-c1nc2ccc(N(C)C(=O)C(F)(F)F)cc2o1. The molecule has 1 aromatic heterocycles. The Balaban J connectivity index is 2.01. The van der Waals surface area contributed by atoms with Gasteiger partial charge in [-0.05, 0) is 30.7 Å². The molecule has 0 saturated carbocycles. The average Bonchev–Trinajstić information content (AvgIpc) is 2.95. The van der Waals surface area contributed by atoms with Gasteiger partial charge in [-0.25, -0.2) is 4.98 Å². The molecular formula is C17H13F3N2O2. The number of hydrogen-bond acceptors (Lipinski definition) is 3. The average molecular weight is 334 g/mol. The summed E-state index contributed by atoms with van der Waals surface area (Å²) in [7, 11) is 1.07. The molecule has 0 aliphatic carbocycles. The maximum absolute atomic E-state index is 12.5. The predicted molar refractivity (Wildman–Crippen MR) is 83.6 cm³/mol. The second-order valence-corrected chi connectivity index (χ2v) is 5.35. The van der Waals surface area contributed by atoms with E-state index in [1.165, 1.54) is 18.2 Å². The summed E-state index contributed by atoms with van der Waals surface area (Å²) in [6.07, 6.45) is -4.93. The van der Waals surface area contributed by atoms with Gasteiger partial charge in [-0.1, -0.05) is 18.2 Å². The third-order valence-corrected chi connectivity index (χ3v) is 3.68. The van der Waals surface area contributed by atoms with Crippen LogP contribution in [0.1, 0.15) is 5.56 Å². The summed E-state index contributed by atoms with van der Waals surface area (Å²) in [5.41, 5.74) is 2.67. The number of anilines is 1. The Morgan fingerprint density at radius 3 is 2.54 bits per heavy atom. The minimum absolute atomic E-state index is 0.0808. The summed E-state index contributed by atoms with van der Waals surface area (Å²) < 4.78 is 43.3. The van der Waals surface area contributed by atoms with Crippen molar-refractivity contribution in [3.63, 3.8) is 0 Å². The van der Waals surface area contributed by atoms with Gasteiger partial charge in [0.1, 0.15) is 5.52 Å². The maximum atomic E-state index is 12.5. The fourth-order valence-corrected chi connectivity index (χ4v) is 2.36. The molecule has 124 valence electrons. The zero-order valence-electron chi connectivity index (χ0n) is 12.9. The predicted octanol–water partition coefficient (Wildman–Crippen LogP) is 4.33. The van der Waals surface area contributed by atoms with E-state index in [4.69, 9.17) is 4.42 Å². The van der Waals surface area contributed by atoms with Crippen molar-refractivity contribution in [2.75, 3.05) is 11.9 Å². The third kappa shape index (κ3) is 2.84. The minimum atomic E-state index is -4.93. The molecule has 1 heterocycles. The van der Waals surface area contributed by atoms with Crippen LogP contribution < -0.4 is 4.90 Å². The Hall–Kier alpha value is -2.83. The van der Waals surface area contributed by atoms with Gasteiger partial charge in [0.15, 0.2) is 5.58 Å². The number of rotatable bonds is 2. The Morgan fingerprint density at radius 2 is 1.88 bits per heavy atom. The van der Waals surface area contributed by atoms with Crippen LogP contribution in [0.2, 0.25) is 0 Å². The van der Waals surface area contributed by atoms with Gasteiger partial charge in [0.25, 0.3) is 0 Å². The molecule has 4 nitrogen and oxygen atoms in total. The van der Waals surface area contributed by atoms with Gasteiger partial charge >= 0.3 is 12.1 Å². The summed E-state index contributed by atoms with van der Waals surface area (Å²) >= 11 is 0. The highest BCUT2D eigenvalue weighted by Gasteiger charge is 2.41. The van der Waals surface area contributed by atoms with Crippen LogP contribution in [0, 0.1) is 6.92 Å². The lowest BCUT2D eigenvalue weighted by atomic mass is 10.1. The molecule has 0 aliphatic rings. The molecule has 0 saturated heterocycles. The van der Waals surface area contributed by atoms with Crippen molar-refractivity contribution in [2.45, 2.75) is 13.1 Å². The molecule has 0 atom stereocenters. The molecule has 2 aromatic carbocycles. The van der Waals surface area contributed by atoms with Crippen LogP contribution in [0.25, 0.3) is 22.6 Å². The Labute approximate surface area is 135 Å². The molecular weight excluding hydrogens is 321 g/mol. The minimum Gasteiger partial charge on any atom is -0.436 e. The smallest absolute Gasteiger partial charge is 0.436 e. The zero-order chi connectivity index (χ0) is 17.5. The van der Waals surface area contributed by atoms with Crippen LogP contribution in [-0.4, -0.2) is 24.1 Å². The van der Waals surface area contributed by atoms with E-state index in [0.717, 1.165) is 18.2 Å². The molecule has 7 heteroatoms. The van der Waals surface area contributed by atoms with Crippen molar-refractivity contribution >= 4 is 22.7 Å². The van der Waals surface area contributed by atoms with E-state index >= 15 is 0 Å². The molecule has 0 radical (unpaired) electrons. The number of nitrogens with zero attached hydrogens (tertiary/aromatic N) is 2. The molecule has 0 spiro atoms. The van der Waals surface area contributed by atoms with Crippen molar-refractivity contribution in [1.82, 2.24) is 4.98 Å². The summed E-state index contributed by atoms with van der Waals surface area (Å²) in [5, 5.41) is 0. The molecule has 0 fully saturated rings. The first-order chi connectivity index (χ1) is 11.3. The first kappa shape index (κ1) is 16.0. The van der Waals surface area contributed by atoms with Crippen LogP contribution in [0.5, 0.6) is 0 Å². The van der Waals surface area contributed by atoms with Gasteiger partial charge < -0.3 is 9.32 Å². The number of benzene rings is 2. The standard InChI is InChI=1S/C17H13F3N2O2/c1-10-5-3-4-6-12(10)15-21-13-8-7-11(9-14(13)24-15)22(2)16(23)17(18,19)20/h3-9H,1-2H3. The van der Waals surface area contributed by atoms with Crippen LogP contribution in [-0.2, 0) is 4.79 Å². The van der Waals surface area contributed by atoms with E-state index in [9.17, 15) is 18.0 Å². The number of oxazole rings is 1. The number of aryl methyl sites for hydroxylation is 1. The lowest BCUT2D eigenvalue weighted by Gasteiger charge is -2.18. The number of alkyl halides is 3.